The molecule has 0 saturated carbocycles. The Bertz CT molecular complexity index is 548. The largest absolute Gasteiger partial charge is 0.382 e. The highest BCUT2D eigenvalue weighted by Crippen LogP contribution is 2.17. The number of anilines is 1. The van der Waals surface area contributed by atoms with Crippen molar-refractivity contribution in [1.29, 1.82) is 0 Å². The second-order valence-corrected chi connectivity index (χ2v) is 5.22. The van der Waals surface area contributed by atoms with E-state index in [0.717, 1.165) is 17.7 Å². The van der Waals surface area contributed by atoms with Crippen molar-refractivity contribution in [2.24, 2.45) is 5.92 Å². The number of aromatic amines is 1. The predicted octanol–water partition coefficient (Wildman–Crippen LogP) is 4.72. The Kier molecular flexibility index (Phi) is 10.3. The van der Waals surface area contributed by atoms with Crippen molar-refractivity contribution >= 4 is 18.0 Å². The van der Waals surface area contributed by atoms with Crippen LogP contribution in [0, 0.1) is 5.92 Å². The second kappa shape index (κ2) is 11.4. The summed E-state index contributed by atoms with van der Waals surface area (Å²) >= 11 is 0. The molecule has 4 heteroatoms. The summed E-state index contributed by atoms with van der Waals surface area (Å²) in [7, 11) is 4.09. The van der Waals surface area contributed by atoms with Gasteiger partial charge in [0.05, 0.1) is 5.69 Å². The van der Waals surface area contributed by atoms with E-state index in [2.05, 4.69) is 52.9 Å². The minimum Gasteiger partial charge on any atom is -0.382 e. The third-order valence-electron chi connectivity index (χ3n) is 3.27. The lowest BCUT2D eigenvalue weighted by Crippen LogP contribution is -2.08. The summed E-state index contributed by atoms with van der Waals surface area (Å²) in [5, 5.41) is 6.88. The molecule has 1 aromatic rings. The van der Waals surface area contributed by atoms with Crippen LogP contribution in [-0.2, 0) is 0 Å². The highest BCUT2D eigenvalue weighted by molar-refractivity contribution is 5.69. The molecule has 1 atom stereocenters. The van der Waals surface area contributed by atoms with Gasteiger partial charge < -0.3 is 10.6 Å². The predicted molar refractivity (Wildman–Crippen MR) is 104 cm³/mol. The molecule has 0 radical (unpaired) electrons. The highest BCUT2D eigenvalue weighted by Gasteiger charge is 2.03. The Morgan fingerprint density at radius 2 is 2.04 bits per heavy atom. The van der Waals surface area contributed by atoms with E-state index < -0.39 is 0 Å². The zero-order valence-electron chi connectivity index (χ0n) is 15.4. The summed E-state index contributed by atoms with van der Waals surface area (Å²) in [6.45, 7) is 12.0. The van der Waals surface area contributed by atoms with Gasteiger partial charge in [0, 0.05) is 25.4 Å². The van der Waals surface area contributed by atoms with Crippen LogP contribution in [0.15, 0.2) is 36.6 Å². The van der Waals surface area contributed by atoms with E-state index in [9.17, 15) is 0 Å². The molecule has 0 aliphatic heterocycles. The standard InChI is InChI=1S/C17H26N4.C2H6/c1-6-14(21(4)5)12-11-13(3)9-8-10-16-15(7-2)17(18)20-19-16;1-2/h6-8,10-13H,2,9H2,1,3-5H3,(H3,18,19,20);1-2H3/b10-8-,12-11-,14-6+;. The van der Waals surface area contributed by atoms with Crippen LogP contribution in [0.4, 0.5) is 5.82 Å². The molecule has 0 amide bonds. The van der Waals surface area contributed by atoms with Crippen molar-refractivity contribution in [3.05, 3.63) is 47.8 Å². The Labute approximate surface area is 141 Å². The van der Waals surface area contributed by atoms with E-state index in [0.29, 0.717) is 11.7 Å². The van der Waals surface area contributed by atoms with E-state index in [1.54, 1.807) is 6.08 Å². The molecule has 1 unspecified atom stereocenters. The van der Waals surface area contributed by atoms with Crippen LogP contribution in [0.2, 0.25) is 0 Å². The Morgan fingerprint density at radius 3 is 2.57 bits per heavy atom. The number of rotatable bonds is 7. The molecule has 1 heterocycles. The van der Waals surface area contributed by atoms with Gasteiger partial charge in [0.1, 0.15) is 0 Å². The van der Waals surface area contributed by atoms with Crippen LogP contribution in [0.1, 0.15) is 45.4 Å². The molecule has 4 nitrogen and oxygen atoms in total. The van der Waals surface area contributed by atoms with Crippen LogP contribution in [0.3, 0.4) is 0 Å². The van der Waals surface area contributed by atoms with Gasteiger partial charge in [0.2, 0.25) is 0 Å². The summed E-state index contributed by atoms with van der Waals surface area (Å²) in [5.41, 5.74) is 8.71. The number of H-pyrrole nitrogens is 1. The Hall–Kier alpha value is -2.23. The van der Waals surface area contributed by atoms with Crippen LogP contribution in [0.25, 0.3) is 12.2 Å². The van der Waals surface area contributed by atoms with Crippen LogP contribution < -0.4 is 5.73 Å². The smallest absolute Gasteiger partial charge is 0.153 e. The molecular formula is C19H32N4. The number of nitrogens with one attached hydrogen (secondary N) is 1. The summed E-state index contributed by atoms with van der Waals surface area (Å²) in [5.74, 6) is 0.949. The third-order valence-corrected chi connectivity index (χ3v) is 3.27. The average Bonchev–Trinajstić information content (AvgIpc) is 2.89. The van der Waals surface area contributed by atoms with Gasteiger partial charge >= 0.3 is 0 Å². The first kappa shape index (κ1) is 20.8. The van der Waals surface area contributed by atoms with Crippen molar-refractivity contribution in [3.8, 4) is 0 Å². The van der Waals surface area contributed by atoms with Gasteiger partial charge in [-0.25, -0.2) is 0 Å². The van der Waals surface area contributed by atoms with E-state index in [4.69, 9.17) is 5.73 Å². The second-order valence-electron chi connectivity index (χ2n) is 5.22. The summed E-state index contributed by atoms with van der Waals surface area (Å²) in [6, 6.07) is 0. The average molecular weight is 316 g/mol. The number of allylic oxidation sites excluding steroid dienone is 4. The molecule has 0 spiro atoms. The molecule has 0 aromatic carbocycles. The molecule has 0 aliphatic carbocycles. The molecule has 0 saturated heterocycles. The van der Waals surface area contributed by atoms with Crippen LogP contribution in [0.5, 0.6) is 0 Å². The summed E-state index contributed by atoms with van der Waals surface area (Å²) in [6.07, 6.45) is 13.3. The maximum atomic E-state index is 5.74. The lowest BCUT2D eigenvalue weighted by molar-refractivity contribution is 0.527. The number of likely N-dealkylation sites (N-methyl/N-ethyl adjacent to an activating group) is 1. The van der Waals surface area contributed by atoms with E-state index in [1.165, 1.54) is 5.70 Å². The highest BCUT2D eigenvalue weighted by atomic mass is 15.2. The van der Waals surface area contributed by atoms with Crippen molar-refractivity contribution in [2.45, 2.75) is 34.1 Å². The molecule has 3 N–H and O–H groups in total. The van der Waals surface area contributed by atoms with Gasteiger partial charge in [-0.2, -0.15) is 5.10 Å². The van der Waals surface area contributed by atoms with Crippen molar-refractivity contribution in [1.82, 2.24) is 15.1 Å². The van der Waals surface area contributed by atoms with Gasteiger partial charge in [-0.15, -0.1) is 0 Å². The van der Waals surface area contributed by atoms with Crippen LogP contribution >= 0.6 is 0 Å². The van der Waals surface area contributed by atoms with Gasteiger partial charge in [0.15, 0.2) is 5.82 Å². The van der Waals surface area contributed by atoms with Crippen molar-refractivity contribution in [2.75, 3.05) is 19.8 Å². The first-order chi connectivity index (χ1) is 11.0. The monoisotopic (exact) mass is 316 g/mol. The molecule has 23 heavy (non-hydrogen) atoms. The number of hydrogen-bond donors (Lipinski definition) is 2. The molecular weight excluding hydrogens is 284 g/mol. The van der Waals surface area contributed by atoms with Gasteiger partial charge in [-0.05, 0) is 31.4 Å². The number of nitrogens with zero attached hydrogens (tertiary/aromatic N) is 2. The summed E-state index contributed by atoms with van der Waals surface area (Å²) < 4.78 is 0. The molecule has 1 aromatic heterocycles. The number of aromatic nitrogens is 2. The fourth-order valence-corrected chi connectivity index (χ4v) is 1.97. The molecule has 1 rings (SSSR count). The summed E-state index contributed by atoms with van der Waals surface area (Å²) in [4.78, 5) is 2.10. The van der Waals surface area contributed by atoms with Crippen molar-refractivity contribution in [3.63, 3.8) is 0 Å². The molecule has 0 bridgehead atoms. The topological polar surface area (TPSA) is 57.9 Å². The third kappa shape index (κ3) is 7.04. The maximum Gasteiger partial charge on any atom is 0.153 e. The lowest BCUT2D eigenvalue weighted by atomic mass is 10.1. The van der Waals surface area contributed by atoms with Crippen molar-refractivity contribution < 1.29 is 0 Å². The molecule has 0 fully saturated rings. The first-order valence-electron chi connectivity index (χ1n) is 8.14. The van der Waals surface area contributed by atoms with E-state index in [1.807, 2.05) is 40.9 Å². The number of nitrogens with two attached hydrogens (primary N) is 1. The SMILES string of the molecule is C=Cc1c(N)n[nH]c1/C=C\CC(C)/C=C\C(=C/C)N(C)C.CC. The Balaban J connectivity index is 0.00000232. The quantitative estimate of drug-likeness (QED) is 0.715. The zero-order chi connectivity index (χ0) is 17.8. The number of nitrogen functional groups attached to an aromatic ring is 1. The van der Waals surface area contributed by atoms with Gasteiger partial charge in [-0.1, -0.05) is 51.7 Å². The normalized spacial score (nSPS) is 13.0. The number of hydrogen-bond acceptors (Lipinski definition) is 3. The fourth-order valence-electron chi connectivity index (χ4n) is 1.97. The minimum absolute atomic E-state index is 0.462. The van der Waals surface area contributed by atoms with E-state index >= 15 is 0 Å². The molecule has 0 aliphatic rings. The van der Waals surface area contributed by atoms with Crippen LogP contribution in [-0.4, -0.2) is 29.2 Å². The molecule has 128 valence electrons. The fraction of sp³-hybridized carbons (Fsp3) is 0.421. The minimum atomic E-state index is 0.462. The zero-order valence-corrected chi connectivity index (χ0v) is 15.4. The maximum absolute atomic E-state index is 5.74. The first-order valence-corrected chi connectivity index (χ1v) is 8.14. The van der Waals surface area contributed by atoms with Gasteiger partial charge in [-0.3, -0.25) is 5.10 Å². The lowest BCUT2D eigenvalue weighted by Gasteiger charge is -2.13. The Morgan fingerprint density at radius 1 is 1.39 bits per heavy atom. The van der Waals surface area contributed by atoms with Gasteiger partial charge in [0.25, 0.3) is 0 Å². The van der Waals surface area contributed by atoms with E-state index in [-0.39, 0.29) is 0 Å².